The Kier molecular flexibility index (Phi) is 3.30. The first kappa shape index (κ1) is 12.5. The number of carbonyl (C=O) groups is 1. The van der Waals surface area contributed by atoms with E-state index in [1.165, 1.54) is 28.4 Å². The lowest BCUT2D eigenvalue weighted by molar-refractivity contribution is 0.0778. The van der Waals surface area contributed by atoms with E-state index in [0.717, 1.165) is 10.1 Å². The number of carbonyl (C=O) groups excluding carboxylic acids is 1. The number of benzene rings is 1. The Morgan fingerprint density at radius 3 is 2.89 bits per heavy atom. The minimum atomic E-state index is -0.487. The Morgan fingerprint density at radius 2 is 2.22 bits per heavy atom. The van der Waals surface area contributed by atoms with Gasteiger partial charge in [-0.05, 0) is 30.5 Å². The van der Waals surface area contributed by atoms with Crippen LogP contribution in [0, 0.1) is 17.1 Å². The van der Waals surface area contributed by atoms with Crippen molar-refractivity contribution in [2.75, 3.05) is 7.05 Å². The lowest BCUT2D eigenvalue weighted by atomic mass is 10.2. The van der Waals surface area contributed by atoms with Crippen molar-refractivity contribution < 1.29 is 9.18 Å². The highest BCUT2D eigenvalue weighted by Gasteiger charge is 2.19. The first-order valence-corrected chi connectivity index (χ1v) is 6.20. The van der Waals surface area contributed by atoms with Crippen LogP contribution in [0.2, 0.25) is 0 Å². The first-order chi connectivity index (χ1) is 8.52. The summed E-state index contributed by atoms with van der Waals surface area (Å²) >= 11 is 1.24. The smallest absolute Gasteiger partial charge is 0.264 e. The maximum atomic E-state index is 13.1. The molecule has 3 nitrogen and oxygen atoms in total. The number of halogens is 1. The maximum Gasteiger partial charge on any atom is 0.264 e. The van der Waals surface area contributed by atoms with E-state index in [1.54, 1.807) is 26.1 Å². The van der Waals surface area contributed by atoms with E-state index in [2.05, 4.69) is 0 Å². The van der Waals surface area contributed by atoms with Gasteiger partial charge in [-0.25, -0.2) is 4.39 Å². The summed E-state index contributed by atoms with van der Waals surface area (Å²) in [5.41, 5.74) is 0. The van der Waals surface area contributed by atoms with Gasteiger partial charge in [-0.1, -0.05) is 6.07 Å². The zero-order chi connectivity index (χ0) is 13.3. The summed E-state index contributed by atoms with van der Waals surface area (Å²) in [4.78, 5) is 14.0. The number of hydrogen-bond acceptors (Lipinski definition) is 3. The molecule has 2 rings (SSSR count). The highest BCUT2D eigenvalue weighted by Crippen LogP contribution is 2.27. The van der Waals surface area contributed by atoms with E-state index in [0.29, 0.717) is 4.88 Å². The molecule has 0 N–H and O–H groups in total. The molecule has 1 atom stereocenters. The fraction of sp³-hybridized carbons (Fsp3) is 0.231. The van der Waals surface area contributed by atoms with Crippen LogP contribution in [0.3, 0.4) is 0 Å². The minimum Gasteiger partial charge on any atom is -0.325 e. The van der Waals surface area contributed by atoms with Crippen molar-refractivity contribution in [1.29, 1.82) is 5.26 Å². The topological polar surface area (TPSA) is 44.1 Å². The van der Waals surface area contributed by atoms with Crippen LogP contribution in [0.1, 0.15) is 16.6 Å². The lowest BCUT2D eigenvalue weighted by Gasteiger charge is -2.18. The average molecular weight is 262 g/mol. The van der Waals surface area contributed by atoms with Gasteiger partial charge in [-0.3, -0.25) is 4.79 Å². The Bertz CT molecular complexity index is 644. The van der Waals surface area contributed by atoms with Gasteiger partial charge in [0.25, 0.3) is 5.91 Å². The number of fused-ring (bicyclic) bond motifs is 1. The molecule has 2 aromatic rings. The van der Waals surface area contributed by atoms with E-state index in [1.807, 2.05) is 6.07 Å². The molecule has 0 saturated heterocycles. The van der Waals surface area contributed by atoms with Crippen LogP contribution in [0.15, 0.2) is 24.3 Å². The molecule has 0 aliphatic rings. The highest BCUT2D eigenvalue weighted by atomic mass is 32.1. The first-order valence-electron chi connectivity index (χ1n) is 5.39. The van der Waals surface area contributed by atoms with Gasteiger partial charge < -0.3 is 4.90 Å². The molecule has 92 valence electrons. The predicted molar refractivity (Wildman–Crippen MR) is 69.0 cm³/mol. The SMILES string of the molecule is CC(C#N)N(C)C(=O)c1cc2ccc(F)cc2s1. The molecule has 0 aliphatic heterocycles. The second-order valence-electron chi connectivity index (χ2n) is 4.01. The molecule has 0 spiro atoms. The van der Waals surface area contributed by atoms with Crippen LogP contribution in [0.5, 0.6) is 0 Å². The molecule has 1 aromatic carbocycles. The van der Waals surface area contributed by atoms with Crippen LogP contribution >= 0.6 is 11.3 Å². The Hall–Kier alpha value is -1.93. The molecule has 1 amide bonds. The summed E-state index contributed by atoms with van der Waals surface area (Å²) in [5, 5.41) is 9.62. The number of rotatable bonds is 2. The summed E-state index contributed by atoms with van der Waals surface area (Å²) in [6.45, 7) is 1.66. The third kappa shape index (κ3) is 2.20. The summed E-state index contributed by atoms with van der Waals surface area (Å²) in [6.07, 6.45) is 0. The third-order valence-corrected chi connectivity index (χ3v) is 3.87. The van der Waals surface area contributed by atoms with Crippen molar-refractivity contribution in [1.82, 2.24) is 4.90 Å². The zero-order valence-corrected chi connectivity index (χ0v) is 10.8. The Morgan fingerprint density at radius 1 is 1.50 bits per heavy atom. The van der Waals surface area contributed by atoms with Crippen molar-refractivity contribution in [2.24, 2.45) is 0 Å². The van der Waals surface area contributed by atoms with Gasteiger partial charge in [0.1, 0.15) is 11.9 Å². The van der Waals surface area contributed by atoms with E-state index in [4.69, 9.17) is 5.26 Å². The summed E-state index contributed by atoms with van der Waals surface area (Å²) < 4.78 is 13.8. The van der Waals surface area contributed by atoms with Gasteiger partial charge in [-0.2, -0.15) is 5.26 Å². The minimum absolute atomic E-state index is 0.217. The van der Waals surface area contributed by atoms with Crippen molar-refractivity contribution in [3.05, 3.63) is 35.0 Å². The van der Waals surface area contributed by atoms with Crippen molar-refractivity contribution in [3.8, 4) is 6.07 Å². The van der Waals surface area contributed by atoms with Gasteiger partial charge in [0, 0.05) is 11.7 Å². The van der Waals surface area contributed by atoms with E-state index < -0.39 is 6.04 Å². The van der Waals surface area contributed by atoms with Crippen LogP contribution in [0.4, 0.5) is 4.39 Å². The van der Waals surface area contributed by atoms with Crippen molar-refractivity contribution in [2.45, 2.75) is 13.0 Å². The second-order valence-corrected chi connectivity index (χ2v) is 5.10. The van der Waals surface area contributed by atoms with Gasteiger partial charge in [0.15, 0.2) is 0 Å². The summed E-state index contributed by atoms with van der Waals surface area (Å²) in [5.74, 6) is -0.534. The molecule has 0 fully saturated rings. The molecule has 1 aromatic heterocycles. The van der Waals surface area contributed by atoms with Crippen molar-refractivity contribution in [3.63, 3.8) is 0 Å². The monoisotopic (exact) mass is 262 g/mol. The molecule has 0 radical (unpaired) electrons. The van der Waals surface area contributed by atoms with Crippen LogP contribution in [0.25, 0.3) is 10.1 Å². The number of thiophene rings is 1. The molecule has 0 bridgehead atoms. The molecule has 1 heterocycles. The van der Waals surface area contributed by atoms with Crippen LogP contribution in [-0.4, -0.2) is 23.9 Å². The number of hydrogen-bond donors (Lipinski definition) is 0. The average Bonchev–Trinajstić information content (AvgIpc) is 2.78. The summed E-state index contributed by atoms with van der Waals surface area (Å²) in [6, 6.07) is 7.66. The highest BCUT2D eigenvalue weighted by molar-refractivity contribution is 7.20. The lowest BCUT2D eigenvalue weighted by Crippen LogP contribution is -2.33. The molecular formula is C13H11FN2OS. The number of nitriles is 1. The molecule has 0 saturated carbocycles. The zero-order valence-electron chi connectivity index (χ0n) is 9.98. The maximum absolute atomic E-state index is 13.1. The van der Waals surface area contributed by atoms with Gasteiger partial charge in [0.2, 0.25) is 0 Å². The van der Waals surface area contributed by atoms with Crippen LogP contribution < -0.4 is 0 Å². The fourth-order valence-corrected chi connectivity index (χ4v) is 2.62. The molecule has 18 heavy (non-hydrogen) atoms. The summed E-state index contributed by atoms with van der Waals surface area (Å²) in [7, 11) is 1.58. The molecule has 5 heteroatoms. The largest absolute Gasteiger partial charge is 0.325 e. The fourth-order valence-electron chi connectivity index (χ4n) is 1.55. The number of amides is 1. The Balaban J connectivity index is 2.37. The van der Waals surface area contributed by atoms with E-state index in [9.17, 15) is 9.18 Å². The second kappa shape index (κ2) is 4.75. The normalized spacial score (nSPS) is 12.1. The molecular weight excluding hydrogens is 251 g/mol. The van der Waals surface area contributed by atoms with Crippen molar-refractivity contribution >= 4 is 27.3 Å². The van der Waals surface area contributed by atoms with Gasteiger partial charge >= 0.3 is 0 Å². The quantitative estimate of drug-likeness (QED) is 0.835. The van der Waals surface area contributed by atoms with Gasteiger partial charge in [-0.15, -0.1) is 11.3 Å². The van der Waals surface area contributed by atoms with E-state index in [-0.39, 0.29) is 11.7 Å². The van der Waals surface area contributed by atoms with Crippen LogP contribution in [-0.2, 0) is 0 Å². The third-order valence-electron chi connectivity index (χ3n) is 2.78. The standard InChI is InChI=1S/C13H11FN2OS/c1-8(7-15)16(2)13(17)12-5-9-3-4-10(14)6-11(9)18-12/h3-6,8H,1-2H3. The number of nitrogens with zero attached hydrogens (tertiary/aromatic N) is 2. The predicted octanol–water partition coefficient (Wildman–Crippen LogP) is 3.02. The Labute approximate surface area is 108 Å². The molecule has 1 unspecified atom stereocenters. The van der Waals surface area contributed by atoms with Gasteiger partial charge in [0.05, 0.1) is 10.9 Å². The van der Waals surface area contributed by atoms with E-state index >= 15 is 0 Å². The molecule has 0 aliphatic carbocycles.